The van der Waals surface area contributed by atoms with E-state index in [2.05, 4.69) is 0 Å². The first-order chi connectivity index (χ1) is 13.1. The number of benzene rings is 2. The molecule has 0 saturated heterocycles. The van der Waals surface area contributed by atoms with Crippen LogP contribution in [0, 0.1) is 0 Å². The highest BCUT2D eigenvalue weighted by molar-refractivity contribution is 6.12. The van der Waals surface area contributed by atoms with Crippen molar-refractivity contribution in [3.8, 4) is 17.2 Å². The SMILES string of the molecule is COc1ccccc1/C=C/C=C1\Oc2cc(OCC=C(C)C)ccc2C1=O. The third-order valence-electron chi connectivity index (χ3n) is 4.05. The summed E-state index contributed by atoms with van der Waals surface area (Å²) < 4.78 is 16.7. The largest absolute Gasteiger partial charge is 0.496 e. The molecule has 2 aromatic rings. The van der Waals surface area contributed by atoms with Gasteiger partial charge in [0.05, 0.1) is 12.7 Å². The molecule has 27 heavy (non-hydrogen) atoms. The molecule has 0 bridgehead atoms. The summed E-state index contributed by atoms with van der Waals surface area (Å²) in [6.45, 7) is 4.52. The first kappa shape index (κ1) is 18.5. The van der Waals surface area contributed by atoms with Crippen LogP contribution in [-0.2, 0) is 0 Å². The lowest BCUT2D eigenvalue weighted by molar-refractivity contribution is 0.101. The predicted molar refractivity (Wildman–Crippen MR) is 106 cm³/mol. The Morgan fingerprint density at radius 2 is 1.96 bits per heavy atom. The number of rotatable bonds is 6. The van der Waals surface area contributed by atoms with Crippen LogP contribution in [0.1, 0.15) is 29.8 Å². The summed E-state index contributed by atoms with van der Waals surface area (Å²) in [5.74, 6) is 2.12. The third kappa shape index (κ3) is 4.47. The summed E-state index contributed by atoms with van der Waals surface area (Å²) in [5.41, 5.74) is 2.66. The zero-order valence-corrected chi connectivity index (χ0v) is 15.7. The van der Waals surface area contributed by atoms with Crippen molar-refractivity contribution in [3.63, 3.8) is 0 Å². The van der Waals surface area contributed by atoms with Crippen molar-refractivity contribution in [3.05, 3.63) is 83.2 Å². The van der Waals surface area contributed by atoms with Crippen LogP contribution in [-0.4, -0.2) is 19.5 Å². The predicted octanol–water partition coefficient (Wildman–Crippen LogP) is 5.21. The third-order valence-corrected chi connectivity index (χ3v) is 4.05. The molecule has 138 valence electrons. The summed E-state index contributed by atoms with van der Waals surface area (Å²) in [7, 11) is 1.63. The fourth-order valence-electron chi connectivity index (χ4n) is 2.62. The van der Waals surface area contributed by atoms with Crippen molar-refractivity contribution in [1.82, 2.24) is 0 Å². The van der Waals surface area contributed by atoms with Crippen LogP contribution in [0.15, 0.2) is 72.0 Å². The minimum absolute atomic E-state index is 0.134. The number of methoxy groups -OCH3 is 1. The molecule has 0 saturated carbocycles. The van der Waals surface area contributed by atoms with E-state index in [0.29, 0.717) is 23.7 Å². The van der Waals surface area contributed by atoms with Crippen molar-refractivity contribution in [2.24, 2.45) is 0 Å². The molecule has 1 heterocycles. The monoisotopic (exact) mass is 362 g/mol. The molecule has 4 nitrogen and oxygen atoms in total. The number of para-hydroxylation sites is 1. The Kier molecular flexibility index (Phi) is 5.77. The smallest absolute Gasteiger partial charge is 0.231 e. The highest BCUT2D eigenvalue weighted by Gasteiger charge is 2.27. The average Bonchev–Trinajstić information content (AvgIpc) is 2.97. The number of carbonyl (C=O) groups excluding carboxylic acids is 1. The Balaban J connectivity index is 1.73. The van der Waals surface area contributed by atoms with Gasteiger partial charge in [-0.15, -0.1) is 0 Å². The van der Waals surface area contributed by atoms with E-state index in [1.807, 2.05) is 50.3 Å². The maximum Gasteiger partial charge on any atom is 0.231 e. The van der Waals surface area contributed by atoms with E-state index in [1.54, 1.807) is 37.5 Å². The van der Waals surface area contributed by atoms with Gasteiger partial charge >= 0.3 is 0 Å². The Hall–Kier alpha value is -3.27. The lowest BCUT2D eigenvalue weighted by atomic mass is 10.1. The number of carbonyl (C=O) groups is 1. The zero-order valence-electron chi connectivity index (χ0n) is 15.7. The van der Waals surface area contributed by atoms with E-state index in [0.717, 1.165) is 11.3 Å². The van der Waals surface area contributed by atoms with Gasteiger partial charge in [-0.25, -0.2) is 0 Å². The fourth-order valence-corrected chi connectivity index (χ4v) is 2.62. The topological polar surface area (TPSA) is 44.8 Å². The molecule has 0 aromatic heterocycles. The second kappa shape index (κ2) is 8.41. The molecule has 0 amide bonds. The second-order valence-corrected chi connectivity index (χ2v) is 6.31. The van der Waals surface area contributed by atoms with Gasteiger partial charge in [-0.1, -0.05) is 35.9 Å². The molecule has 1 aliphatic rings. The van der Waals surface area contributed by atoms with E-state index >= 15 is 0 Å². The first-order valence-electron chi connectivity index (χ1n) is 8.72. The van der Waals surface area contributed by atoms with Gasteiger partial charge in [0.2, 0.25) is 5.78 Å². The van der Waals surface area contributed by atoms with E-state index in [-0.39, 0.29) is 11.5 Å². The minimum Gasteiger partial charge on any atom is -0.496 e. The van der Waals surface area contributed by atoms with Crippen LogP contribution in [0.2, 0.25) is 0 Å². The Labute approximate surface area is 159 Å². The van der Waals surface area contributed by atoms with E-state index in [1.165, 1.54) is 5.57 Å². The van der Waals surface area contributed by atoms with Gasteiger partial charge in [-0.3, -0.25) is 4.79 Å². The van der Waals surface area contributed by atoms with Crippen LogP contribution in [0.25, 0.3) is 6.08 Å². The fraction of sp³-hybridized carbons (Fsp3) is 0.174. The molecule has 3 rings (SSSR count). The molecular weight excluding hydrogens is 340 g/mol. The number of hydrogen-bond donors (Lipinski definition) is 0. The lowest BCUT2D eigenvalue weighted by Crippen LogP contribution is -1.97. The van der Waals surface area contributed by atoms with E-state index in [4.69, 9.17) is 14.2 Å². The van der Waals surface area contributed by atoms with Gasteiger partial charge in [-0.2, -0.15) is 0 Å². The molecule has 0 fully saturated rings. The summed E-state index contributed by atoms with van der Waals surface area (Å²) in [6.07, 6.45) is 7.31. The number of fused-ring (bicyclic) bond motifs is 1. The van der Waals surface area contributed by atoms with Gasteiger partial charge < -0.3 is 14.2 Å². The number of allylic oxidation sites excluding steroid dienone is 4. The zero-order chi connectivity index (χ0) is 19.2. The number of Topliss-reactive ketones (excluding diaryl/α,β-unsaturated/α-hetero) is 1. The normalized spacial score (nSPS) is 14.2. The minimum atomic E-state index is -0.134. The highest BCUT2D eigenvalue weighted by atomic mass is 16.5. The number of ketones is 1. The number of ether oxygens (including phenoxy) is 3. The van der Waals surface area contributed by atoms with Crippen LogP contribution in [0.4, 0.5) is 0 Å². The summed E-state index contributed by atoms with van der Waals surface area (Å²) in [6, 6.07) is 12.9. The maximum absolute atomic E-state index is 12.5. The molecule has 0 radical (unpaired) electrons. The van der Waals surface area contributed by atoms with Crippen LogP contribution in [0.3, 0.4) is 0 Å². The summed E-state index contributed by atoms with van der Waals surface area (Å²) >= 11 is 0. The Bertz CT molecular complexity index is 931. The molecule has 1 aliphatic heterocycles. The molecule has 4 heteroatoms. The molecule has 0 unspecified atom stereocenters. The van der Waals surface area contributed by atoms with E-state index in [9.17, 15) is 4.79 Å². The summed E-state index contributed by atoms with van der Waals surface area (Å²) in [5, 5.41) is 0. The molecule has 2 aromatic carbocycles. The van der Waals surface area contributed by atoms with Crippen molar-refractivity contribution >= 4 is 11.9 Å². The van der Waals surface area contributed by atoms with Gasteiger partial charge in [0.25, 0.3) is 0 Å². The lowest BCUT2D eigenvalue weighted by Gasteiger charge is -2.05. The van der Waals surface area contributed by atoms with Crippen molar-refractivity contribution in [2.75, 3.05) is 13.7 Å². The van der Waals surface area contributed by atoms with Crippen molar-refractivity contribution in [1.29, 1.82) is 0 Å². The van der Waals surface area contributed by atoms with Crippen molar-refractivity contribution < 1.29 is 19.0 Å². The number of hydrogen-bond acceptors (Lipinski definition) is 4. The summed E-state index contributed by atoms with van der Waals surface area (Å²) in [4.78, 5) is 12.5. The standard InChI is InChI=1S/C23H22O4/c1-16(2)13-14-26-18-11-12-19-22(15-18)27-21(23(19)24)10-6-8-17-7-4-5-9-20(17)25-3/h4-13,15H,14H2,1-3H3/b8-6+,21-10-. The highest BCUT2D eigenvalue weighted by Crippen LogP contribution is 2.34. The van der Waals surface area contributed by atoms with Gasteiger partial charge in [0.1, 0.15) is 23.9 Å². The van der Waals surface area contributed by atoms with Gasteiger partial charge in [0.15, 0.2) is 5.76 Å². The maximum atomic E-state index is 12.5. The second-order valence-electron chi connectivity index (χ2n) is 6.31. The Morgan fingerprint density at radius 1 is 1.15 bits per heavy atom. The van der Waals surface area contributed by atoms with E-state index < -0.39 is 0 Å². The quantitative estimate of drug-likeness (QED) is 0.522. The van der Waals surface area contributed by atoms with Crippen LogP contribution in [0.5, 0.6) is 17.2 Å². The van der Waals surface area contributed by atoms with Crippen LogP contribution < -0.4 is 14.2 Å². The molecule has 0 aliphatic carbocycles. The van der Waals surface area contributed by atoms with Gasteiger partial charge in [0, 0.05) is 11.6 Å². The molecule has 0 atom stereocenters. The average molecular weight is 362 g/mol. The first-order valence-corrected chi connectivity index (χ1v) is 8.72. The van der Waals surface area contributed by atoms with Crippen molar-refractivity contribution in [2.45, 2.75) is 13.8 Å². The molecule has 0 N–H and O–H groups in total. The van der Waals surface area contributed by atoms with Crippen LogP contribution >= 0.6 is 0 Å². The Morgan fingerprint density at radius 3 is 2.74 bits per heavy atom. The molecule has 0 spiro atoms. The van der Waals surface area contributed by atoms with Gasteiger partial charge in [-0.05, 0) is 44.2 Å². The molecular formula is C23H22O4.